The Balaban J connectivity index is 4.94. The summed E-state index contributed by atoms with van der Waals surface area (Å²) in [5.74, 6) is -1.65. The molecule has 0 spiro atoms. The number of carbonyl (C=O) groups is 2. The molecule has 25 heavy (non-hydrogen) atoms. The van der Waals surface area contributed by atoms with Gasteiger partial charge in [0.15, 0.2) is 6.10 Å². The van der Waals surface area contributed by atoms with Crippen molar-refractivity contribution in [2.24, 2.45) is 0 Å². The Morgan fingerprint density at radius 1 is 0.880 bits per heavy atom. The average molecular weight is 386 g/mol. The first kappa shape index (κ1) is 24.0. The van der Waals surface area contributed by atoms with Crippen molar-refractivity contribution in [3.05, 3.63) is 0 Å². The topological polar surface area (TPSA) is 116 Å². The number of hydrogen-bond donors (Lipinski definition) is 0. The van der Waals surface area contributed by atoms with Crippen LogP contribution in [-0.4, -0.2) is 71.9 Å². The van der Waals surface area contributed by atoms with E-state index in [-0.39, 0.29) is 39.6 Å². The molecule has 0 aromatic rings. The lowest BCUT2D eigenvalue weighted by Gasteiger charge is -2.22. The molecule has 1 atom stereocenters. The minimum Gasteiger partial charge on any atom is -0.463 e. The van der Waals surface area contributed by atoms with E-state index in [0.29, 0.717) is 0 Å². The Morgan fingerprint density at radius 3 is 1.88 bits per heavy atom. The van der Waals surface area contributed by atoms with Gasteiger partial charge < -0.3 is 18.9 Å². The van der Waals surface area contributed by atoms with Gasteiger partial charge in [0.2, 0.25) is 0 Å². The van der Waals surface area contributed by atoms with E-state index in [1.54, 1.807) is 13.8 Å². The summed E-state index contributed by atoms with van der Waals surface area (Å²) < 4.78 is 46.8. The molecule has 0 amide bonds. The van der Waals surface area contributed by atoms with Crippen LogP contribution in [0, 0.1) is 0 Å². The lowest BCUT2D eigenvalue weighted by atomic mass is 10.2. The van der Waals surface area contributed by atoms with Gasteiger partial charge in [0.05, 0.1) is 32.8 Å². The van der Waals surface area contributed by atoms with Crippen LogP contribution in [0.5, 0.6) is 0 Å². The minimum absolute atomic E-state index is 0.00928. The molecule has 0 aromatic carbocycles. The summed E-state index contributed by atoms with van der Waals surface area (Å²) in [5, 5.41) is 0. The van der Waals surface area contributed by atoms with Gasteiger partial charge in [-0.2, -0.15) is 0 Å². The van der Waals surface area contributed by atoms with Gasteiger partial charge in [-0.1, -0.05) is 0 Å². The molecule has 10 nitrogen and oxygen atoms in total. The fourth-order valence-electron chi connectivity index (χ4n) is 1.50. The van der Waals surface area contributed by atoms with Crippen LogP contribution < -0.4 is 0 Å². The fraction of sp³-hybridized carbons (Fsp3) is 0.857. The Morgan fingerprint density at radius 2 is 1.40 bits per heavy atom. The second-order valence-electron chi connectivity index (χ2n) is 4.45. The highest BCUT2D eigenvalue weighted by Crippen LogP contribution is 2.50. The van der Waals surface area contributed by atoms with Crippen molar-refractivity contribution in [1.29, 1.82) is 0 Å². The van der Waals surface area contributed by atoms with E-state index < -0.39 is 32.3 Å². The van der Waals surface area contributed by atoms with Crippen LogP contribution in [0.4, 0.5) is 0 Å². The van der Waals surface area contributed by atoms with Crippen LogP contribution in [0.15, 0.2) is 0 Å². The van der Waals surface area contributed by atoms with E-state index in [4.69, 9.17) is 32.5 Å². The summed E-state index contributed by atoms with van der Waals surface area (Å²) in [6.45, 7) is 3.54. The van der Waals surface area contributed by atoms with Crippen molar-refractivity contribution in [2.75, 3.05) is 53.9 Å². The van der Waals surface area contributed by atoms with Crippen molar-refractivity contribution >= 4 is 19.8 Å². The third-order valence-electron chi connectivity index (χ3n) is 2.53. The van der Waals surface area contributed by atoms with Gasteiger partial charge in [-0.3, -0.25) is 18.4 Å². The maximum Gasteiger partial charge on any atom is 0.475 e. The second kappa shape index (κ2) is 14.2. The van der Waals surface area contributed by atoms with Gasteiger partial charge in [-0.15, -0.1) is 0 Å². The monoisotopic (exact) mass is 386 g/mol. The number of phosphoric acid groups is 1. The molecule has 11 heteroatoms. The number of rotatable bonds is 15. The summed E-state index contributed by atoms with van der Waals surface area (Å²) in [7, 11) is -1.13. The zero-order valence-electron chi connectivity index (χ0n) is 15.1. The normalized spacial score (nSPS) is 12.6. The highest BCUT2D eigenvalue weighted by atomic mass is 31.2. The highest BCUT2D eigenvalue weighted by molar-refractivity contribution is 7.48. The van der Waals surface area contributed by atoms with E-state index in [0.717, 1.165) is 0 Å². The van der Waals surface area contributed by atoms with Crippen LogP contribution in [-0.2, 0) is 46.7 Å². The molecular formula is C14H27O10P. The van der Waals surface area contributed by atoms with Gasteiger partial charge in [0, 0.05) is 14.2 Å². The summed E-state index contributed by atoms with van der Waals surface area (Å²) in [5.41, 5.74) is 0. The average Bonchev–Trinajstić information content (AvgIpc) is 2.55. The summed E-state index contributed by atoms with van der Waals surface area (Å²) >= 11 is 0. The fourth-order valence-corrected chi connectivity index (χ4v) is 2.80. The first-order chi connectivity index (χ1) is 11.9. The molecule has 0 aliphatic rings. The number of methoxy groups -OCH3 is 2. The summed E-state index contributed by atoms with van der Waals surface area (Å²) in [6, 6.07) is 0. The van der Waals surface area contributed by atoms with Crippen molar-refractivity contribution in [3.63, 3.8) is 0 Å². The Bertz CT molecular complexity index is 418. The lowest BCUT2D eigenvalue weighted by Crippen LogP contribution is -2.31. The van der Waals surface area contributed by atoms with Crippen LogP contribution >= 0.6 is 7.82 Å². The molecule has 0 rings (SSSR count). The van der Waals surface area contributed by atoms with Gasteiger partial charge in [-0.25, -0.2) is 9.36 Å². The van der Waals surface area contributed by atoms with Crippen molar-refractivity contribution in [2.45, 2.75) is 26.4 Å². The van der Waals surface area contributed by atoms with Crippen molar-refractivity contribution in [1.82, 2.24) is 0 Å². The second-order valence-corrected chi connectivity index (χ2v) is 6.08. The van der Waals surface area contributed by atoms with E-state index in [2.05, 4.69) is 0 Å². The van der Waals surface area contributed by atoms with Crippen molar-refractivity contribution in [3.8, 4) is 0 Å². The van der Waals surface area contributed by atoms with Crippen molar-refractivity contribution < 1.29 is 46.7 Å². The third-order valence-corrected chi connectivity index (χ3v) is 4.19. The highest BCUT2D eigenvalue weighted by Gasteiger charge is 2.36. The number of phosphoric ester groups is 1. The molecule has 0 aromatic heterocycles. The lowest BCUT2D eigenvalue weighted by molar-refractivity contribution is -0.160. The molecule has 0 fully saturated rings. The van der Waals surface area contributed by atoms with Crippen LogP contribution in [0.2, 0.25) is 0 Å². The maximum atomic E-state index is 12.4. The third kappa shape index (κ3) is 11.2. The van der Waals surface area contributed by atoms with Gasteiger partial charge in [-0.05, 0) is 13.8 Å². The Hall–Kier alpha value is -1.03. The number of carbonyl (C=O) groups excluding carboxylic acids is 2. The number of hydrogen-bond acceptors (Lipinski definition) is 10. The molecule has 0 radical (unpaired) electrons. The zero-order chi connectivity index (χ0) is 19.1. The van der Waals surface area contributed by atoms with E-state index in [1.165, 1.54) is 14.2 Å². The van der Waals surface area contributed by atoms with E-state index in [9.17, 15) is 14.2 Å². The molecule has 0 saturated carbocycles. The zero-order valence-corrected chi connectivity index (χ0v) is 16.0. The largest absolute Gasteiger partial charge is 0.475 e. The molecule has 0 aliphatic carbocycles. The minimum atomic E-state index is -4.02. The standard InChI is InChI=1S/C14H27O10P/c1-5-22-25(17,23-6-2)24-12(14(16)21-10-8-19-4)11-13(15)20-9-7-18-3/h12H,5-11H2,1-4H3. The molecule has 148 valence electrons. The molecule has 0 saturated heterocycles. The maximum absolute atomic E-state index is 12.4. The Labute approximate surface area is 147 Å². The molecule has 0 N–H and O–H groups in total. The quantitative estimate of drug-likeness (QED) is 0.232. The first-order valence-electron chi connectivity index (χ1n) is 7.80. The van der Waals surface area contributed by atoms with Crippen LogP contribution in [0.1, 0.15) is 20.3 Å². The molecule has 0 heterocycles. The summed E-state index contributed by atoms with van der Waals surface area (Å²) in [4.78, 5) is 23.9. The van der Waals surface area contributed by atoms with E-state index >= 15 is 0 Å². The predicted octanol–water partition coefficient (Wildman–Crippen LogP) is 1.32. The predicted molar refractivity (Wildman–Crippen MR) is 86.0 cm³/mol. The SMILES string of the molecule is CCOP(=O)(OCC)OC(CC(=O)OCCOC)C(=O)OCCOC. The van der Waals surface area contributed by atoms with Gasteiger partial charge in [0.1, 0.15) is 13.2 Å². The van der Waals surface area contributed by atoms with Crippen LogP contribution in [0.25, 0.3) is 0 Å². The molecular weight excluding hydrogens is 359 g/mol. The molecule has 0 bridgehead atoms. The Kier molecular flexibility index (Phi) is 13.6. The van der Waals surface area contributed by atoms with Gasteiger partial charge >= 0.3 is 19.8 Å². The number of esters is 2. The summed E-state index contributed by atoms with van der Waals surface area (Å²) in [6.07, 6.45) is -2.02. The molecule has 0 aliphatic heterocycles. The number of ether oxygens (including phenoxy) is 4. The molecule has 1 unspecified atom stereocenters. The first-order valence-corrected chi connectivity index (χ1v) is 9.26. The van der Waals surface area contributed by atoms with Crippen LogP contribution in [0.3, 0.4) is 0 Å². The van der Waals surface area contributed by atoms with Gasteiger partial charge in [0.25, 0.3) is 0 Å². The van der Waals surface area contributed by atoms with E-state index in [1.807, 2.05) is 0 Å². The smallest absolute Gasteiger partial charge is 0.463 e.